The summed E-state index contributed by atoms with van der Waals surface area (Å²) in [6, 6.07) is 4.22. The van der Waals surface area contributed by atoms with E-state index in [1.54, 1.807) is 0 Å². The fourth-order valence-electron chi connectivity index (χ4n) is 2.90. The van der Waals surface area contributed by atoms with E-state index in [-0.39, 0.29) is 5.91 Å². The minimum absolute atomic E-state index is 0.0309. The summed E-state index contributed by atoms with van der Waals surface area (Å²) in [5, 5.41) is 6.27. The summed E-state index contributed by atoms with van der Waals surface area (Å²) in [7, 11) is 0. The molecule has 1 fully saturated rings. The number of aryl methyl sites for hydroxylation is 1. The van der Waals surface area contributed by atoms with Gasteiger partial charge in [0.2, 0.25) is 11.9 Å². The maximum Gasteiger partial charge on any atom is 0.246 e. The Morgan fingerprint density at radius 3 is 3.17 bits per heavy atom. The number of nitrogens with zero attached hydrogens (tertiary/aromatic N) is 2. The van der Waals surface area contributed by atoms with Crippen LogP contribution in [0.25, 0.3) is 0 Å². The number of fused-ring (bicyclic) bond motifs is 4. The summed E-state index contributed by atoms with van der Waals surface area (Å²) in [5.41, 5.74) is 4.82. The van der Waals surface area contributed by atoms with Gasteiger partial charge in [-0.2, -0.15) is 0 Å². The van der Waals surface area contributed by atoms with Crippen molar-refractivity contribution < 1.29 is 4.79 Å². The third-order valence-corrected chi connectivity index (χ3v) is 3.76. The molecule has 1 aromatic rings. The van der Waals surface area contributed by atoms with Gasteiger partial charge in [-0.25, -0.2) is 4.99 Å². The second kappa shape index (κ2) is 3.48. The molecule has 0 saturated carbocycles. The molecule has 1 saturated heterocycles. The molecule has 4 rings (SSSR count). The summed E-state index contributed by atoms with van der Waals surface area (Å²) < 4.78 is 0. The highest BCUT2D eigenvalue weighted by Crippen LogP contribution is 2.37. The molecule has 0 radical (unpaired) electrons. The number of benzene rings is 1. The maximum absolute atomic E-state index is 11.4. The summed E-state index contributed by atoms with van der Waals surface area (Å²) in [6.07, 6.45) is 2.31. The van der Waals surface area contributed by atoms with Crippen molar-refractivity contribution in [3.8, 4) is 0 Å². The summed E-state index contributed by atoms with van der Waals surface area (Å²) in [4.78, 5) is 17.9. The predicted octanol–water partition coefficient (Wildman–Crippen LogP) is 0.978. The van der Waals surface area contributed by atoms with Crippen molar-refractivity contribution in [2.75, 3.05) is 18.4 Å². The van der Waals surface area contributed by atoms with Crippen LogP contribution in [-0.4, -0.2) is 29.9 Å². The fourth-order valence-corrected chi connectivity index (χ4v) is 2.90. The molecule has 18 heavy (non-hydrogen) atoms. The Morgan fingerprint density at radius 1 is 1.28 bits per heavy atom. The van der Waals surface area contributed by atoms with E-state index in [9.17, 15) is 4.79 Å². The zero-order valence-electron chi connectivity index (χ0n) is 9.99. The Morgan fingerprint density at radius 2 is 2.22 bits per heavy atom. The highest BCUT2D eigenvalue weighted by molar-refractivity contribution is 6.06. The molecule has 3 aliphatic rings. The topological polar surface area (TPSA) is 56.7 Å². The van der Waals surface area contributed by atoms with Gasteiger partial charge in [-0.05, 0) is 24.5 Å². The Balaban J connectivity index is 1.83. The van der Waals surface area contributed by atoms with E-state index in [2.05, 4.69) is 27.8 Å². The summed E-state index contributed by atoms with van der Waals surface area (Å²) >= 11 is 0. The number of nitrogens with one attached hydrogen (secondary N) is 2. The van der Waals surface area contributed by atoms with E-state index < -0.39 is 0 Å². The first kappa shape index (κ1) is 9.94. The number of hydrogen-bond acceptors (Lipinski definition) is 4. The monoisotopic (exact) mass is 242 g/mol. The lowest BCUT2D eigenvalue weighted by Gasteiger charge is -2.28. The molecule has 5 heteroatoms. The van der Waals surface area contributed by atoms with Gasteiger partial charge in [0.25, 0.3) is 0 Å². The maximum atomic E-state index is 11.4. The molecule has 1 aromatic carbocycles. The van der Waals surface area contributed by atoms with Crippen LogP contribution >= 0.6 is 0 Å². The SMILES string of the molecule is O=C1CN2Cc3c(ccc4c3NCCC4)N=C2N1. The van der Waals surface area contributed by atoms with Crippen LogP contribution in [-0.2, 0) is 17.8 Å². The average molecular weight is 242 g/mol. The number of aliphatic imine (C=N–C) groups is 1. The number of anilines is 1. The number of guanidine groups is 1. The fraction of sp³-hybridized carbons (Fsp3) is 0.385. The van der Waals surface area contributed by atoms with Crippen LogP contribution in [0.3, 0.4) is 0 Å². The molecule has 0 spiro atoms. The zero-order valence-corrected chi connectivity index (χ0v) is 9.99. The minimum atomic E-state index is 0.0309. The van der Waals surface area contributed by atoms with Gasteiger partial charge in [0, 0.05) is 17.8 Å². The Kier molecular flexibility index (Phi) is 1.92. The standard InChI is InChI=1S/C13H14N4O/c18-11-7-17-6-9-10(15-13(17)16-11)4-3-8-2-1-5-14-12(8)9/h3-4,14H,1-2,5-7H2,(H,15,16,18). The van der Waals surface area contributed by atoms with E-state index in [1.807, 2.05) is 4.90 Å². The van der Waals surface area contributed by atoms with E-state index in [0.717, 1.165) is 25.2 Å². The minimum Gasteiger partial charge on any atom is -0.384 e. The van der Waals surface area contributed by atoms with Crippen LogP contribution in [0.15, 0.2) is 17.1 Å². The van der Waals surface area contributed by atoms with Crippen LogP contribution in [0.2, 0.25) is 0 Å². The highest BCUT2D eigenvalue weighted by Gasteiger charge is 2.31. The van der Waals surface area contributed by atoms with Gasteiger partial charge in [0.15, 0.2) is 0 Å². The van der Waals surface area contributed by atoms with Gasteiger partial charge >= 0.3 is 0 Å². The van der Waals surface area contributed by atoms with Crippen LogP contribution in [0, 0.1) is 0 Å². The lowest BCUT2D eigenvalue weighted by Crippen LogP contribution is -2.32. The number of rotatable bonds is 0. The quantitative estimate of drug-likeness (QED) is 0.713. The number of amides is 1. The van der Waals surface area contributed by atoms with Crippen LogP contribution in [0.5, 0.6) is 0 Å². The van der Waals surface area contributed by atoms with Crippen molar-refractivity contribution in [1.29, 1.82) is 0 Å². The molecular weight excluding hydrogens is 228 g/mol. The van der Waals surface area contributed by atoms with Crippen LogP contribution < -0.4 is 10.6 Å². The molecule has 0 aliphatic carbocycles. The van der Waals surface area contributed by atoms with Crippen molar-refractivity contribution in [2.24, 2.45) is 4.99 Å². The molecule has 0 bridgehead atoms. The van der Waals surface area contributed by atoms with Crippen LogP contribution in [0.4, 0.5) is 11.4 Å². The van der Waals surface area contributed by atoms with Gasteiger partial charge in [0.1, 0.15) is 6.54 Å². The molecule has 1 amide bonds. The van der Waals surface area contributed by atoms with Gasteiger partial charge in [-0.1, -0.05) is 6.07 Å². The molecule has 3 aliphatic heterocycles. The van der Waals surface area contributed by atoms with Gasteiger partial charge in [-0.3, -0.25) is 10.1 Å². The van der Waals surface area contributed by atoms with E-state index in [1.165, 1.54) is 23.2 Å². The van der Waals surface area contributed by atoms with Gasteiger partial charge in [0.05, 0.1) is 12.2 Å². The highest BCUT2D eigenvalue weighted by atomic mass is 16.2. The normalized spacial score (nSPS) is 20.3. The second-order valence-corrected chi connectivity index (χ2v) is 4.97. The molecule has 0 unspecified atom stereocenters. The Hall–Kier alpha value is -2.04. The van der Waals surface area contributed by atoms with Crippen molar-refractivity contribution in [3.05, 3.63) is 23.3 Å². The zero-order chi connectivity index (χ0) is 12.1. The molecule has 2 N–H and O–H groups in total. The molecule has 5 nitrogen and oxygen atoms in total. The number of carbonyl (C=O) groups is 1. The third-order valence-electron chi connectivity index (χ3n) is 3.76. The van der Waals surface area contributed by atoms with E-state index >= 15 is 0 Å². The van der Waals surface area contributed by atoms with Crippen molar-refractivity contribution in [3.63, 3.8) is 0 Å². The molecule has 92 valence electrons. The first-order chi connectivity index (χ1) is 8.81. The second-order valence-electron chi connectivity index (χ2n) is 4.97. The molecule has 3 heterocycles. The first-order valence-corrected chi connectivity index (χ1v) is 6.33. The lowest BCUT2D eigenvalue weighted by atomic mass is 9.97. The van der Waals surface area contributed by atoms with E-state index in [0.29, 0.717) is 12.5 Å². The van der Waals surface area contributed by atoms with Gasteiger partial charge in [-0.15, -0.1) is 0 Å². The summed E-state index contributed by atoms with van der Waals surface area (Å²) in [5.74, 6) is 0.728. The summed E-state index contributed by atoms with van der Waals surface area (Å²) in [6.45, 7) is 2.21. The molecular formula is C13H14N4O. The van der Waals surface area contributed by atoms with E-state index in [4.69, 9.17) is 0 Å². The predicted molar refractivity (Wildman–Crippen MR) is 68.9 cm³/mol. The smallest absolute Gasteiger partial charge is 0.246 e. The van der Waals surface area contributed by atoms with Gasteiger partial charge < -0.3 is 10.2 Å². The van der Waals surface area contributed by atoms with Crippen molar-refractivity contribution >= 4 is 23.2 Å². The Bertz CT molecular complexity index is 579. The van der Waals surface area contributed by atoms with Crippen molar-refractivity contribution in [1.82, 2.24) is 10.2 Å². The lowest BCUT2D eigenvalue weighted by molar-refractivity contribution is -0.118. The first-order valence-electron chi connectivity index (χ1n) is 6.33. The average Bonchev–Trinajstić information content (AvgIpc) is 2.75. The largest absolute Gasteiger partial charge is 0.384 e. The molecule has 0 aromatic heterocycles. The number of carbonyl (C=O) groups excluding carboxylic acids is 1. The molecule has 0 atom stereocenters. The number of hydrogen-bond donors (Lipinski definition) is 2. The Labute approximate surface area is 105 Å². The third kappa shape index (κ3) is 1.33. The van der Waals surface area contributed by atoms with Crippen LogP contribution in [0.1, 0.15) is 17.5 Å². The van der Waals surface area contributed by atoms with Crippen molar-refractivity contribution in [2.45, 2.75) is 19.4 Å².